The Balaban J connectivity index is 1.55. The minimum absolute atomic E-state index is 0.205. The van der Waals surface area contributed by atoms with Gasteiger partial charge in [-0.05, 0) is 31.2 Å². The van der Waals surface area contributed by atoms with E-state index in [-0.39, 0.29) is 29.4 Å². The van der Waals surface area contributed by atoms with Crippen LogP contribution in [-0.4, -0.2) is 57.4 Å². The molecule has 0 bridgehead atoms. The Morgan fingerprint density at radius 2 is 1.38 bits per heavy atom. The van der Waals surface area contributed by atoms with Crippen molar-refractivity contribution in [3.05, 3.63) is 60.2 Å². The molecule has 2 aromatic carbocycles. The van der Waals surface area contributed by atoms with Gasteiger partial charge in [-0.3, -0.25) is 0 Å². The normalized spacial score (nSPS) is 20.9. The highest BCUT2D eigenvalue weighted by atomic mass is 32.2. The topological polar surface area (TPSA) is 84.0 Å². The molecule has 2 aliphatic heterocycles. The molecule has 0 aromatic heterocycles. The molecule has 4 rings (SSSR count). The first-order valence-electron chi connectivity index (χ1n) is 9.54. The van der Waals surface area contributed by atoms with Crippen LogP contribution in [0.25, 0.3) is 0 Å². The fraction of sp³-hybridized carbons (Fsp3) is 0.400. The van der Waals surface area contributed by atoms with Gasteiger partial charge in [-0.15, -0.1) is 0 Å². The second kappa shape index (κ2) is 7.48. The Labute approximate surface area is 172 Å². The van der Waals surface area contributed by atoms with Crippen LogP contribution >= 0.6 is 0 Å². The third-order valence-electron chi connectivity index (χ3n) is 5.61. The molecule has 7 nitrogen and oxygen atoms in total. The Morgan fingerprint density at radius 3 is 2.00 bits per heavy atom. The fourth-order valence-corrected chi connectivity index (χ4v) is 7.17. The molecule has 2 fully saturated rings. The Bertz CT molecular complexity index is 1080. The molecule has 1 spiro atoms. The SMILES string of the molecule is Cc1ccc(S(=O)(=O)N2CCC3(CC2)OCCN3S(=O)(=O)c2ccccc2)cc1. The van der Waals surface area contributed by atoms with E-state index < -0.39 is 25.8 Å². The van der Waals surface area contributed by atoms with Crippen LogP contribution in [0.5, 0.6) is 0 Å². The van der Waals surface area contributed by atoms with Gasteiger partial charge in [0, 0.05) is 32.5 Å². The molecule has 2 aliphatic rings. The average molecular weight is 437 g/mol. The van der Waals surface area contributed by atoms with E-state index >= 15 is 0 Å². The number of ether oxygens (including phenoxy) is 1. The lowest BCUT2D eigenvalue weighted by atomic mass is 10.0. The maximum absolute atomic E-state index is 13.2. The van der Waals surface area contributed by atoms with Crippen molar-refractivity contribution in [2.24, 2.45) is 0 Å². The lowest BCUT2D eigenvalue weighted by Gasteiger charge is -2.42. The second-order valence-corrected chi connectivity index (χ2v) is 11.2. The number of hydrogen-bond donors (Lipinski definition) is 0. The van der Waals surface area contributed by atoms with Crippen molar-refractivity contribution in [2.75, 3.05) is 26.2 Å². The van der Waals surface area contributed by atoms with E-state index in [0.29, 0.717) is 19.4 Å². The summed E-state index contributed by atoms with van der Waals surface area (Å²) in [5.41, 5.74) is -0.00352. The van der Waals surface area contributed by atoms with Gasteiger partial charge < -0.3 is 4.74 Å². The summed E-state index contributed by atoms with van der Waals surface area (Å²) in [6.45, 7) is 2.88. The van der Waals surface area contributed by atoms with Gasteiger partial charge in [-0.2, -0.15) is 8.61 Å². The molecule has 0 amide bonds. The zero-order valence-electron chi connectivity index (χ0n) is 16.2. The minimum Gasteiger partial charge on any atom is -0.358 e. The predicted octanol–water partition coefficient (Wildman–Crippen LogP) is 2.20. The van der Waals surface area contributed by atoms with Gasteiger partial charge in [0.25, 0.3) is 0 Å². The zero-order valence-corrected chi connectivity index (χ0v) is 17.8. The third-order valence-corrected chi connectivity index (χ3v) is 9.49. The monoisotopic (exact) mass is 436 g/mol. The van der Waals surface area contributed by atoms with Crippen molar-refractivity contribution >= 4 is 20.0 Å². The van der Waals surface area contributed by atoms with Gasteiger partial charge in [0.15, 0.2) is 0 Å². The Kier molecular flexibility index (Phi) is 5.28. The summed E-state index contributed by atoms with van der Waals surface area (Å²) in [5.74, 6) is 0. The van der Waals surface area contributed by atoms with Gasteiger partial charge in [-0.25, -0.2) is 16.8 Å². The van der Waals surface area contributed by atoms with Crippen molar-refractivity contribution in [1.82, 2.24) is 8.61 Å². The van der Waals surface area contributed by atoms with E-state index in [0.717, 1.165) is 5.56 Å². The van der Waals surface area contributed by atoms with E-state index in [4.69, 9.17) is 4.74 Å². The van der Waals surface area contributed by atoms with Crippen molar-refractivity contribution in [1.29, 1.82) is 0 Å². The van der Waals surface area contributed by atoms with Gasteiger partial charge in [0.05, 0.1) is 16.4 Å². The minimum atomic E-state index is -3.72. The second-order valence-electron chi connectivity index (χ2n) is 7.40. The summed E-state index contributed by atoms with van der Waals surface area (Å²) in [7, 11) is -7.34. The van der Waals surface area contributed by atoms with E-state index in [2.05, 4.69) is 0 Å². The maximum Gasteiger partial charge on any atom is 0.245 e. The largest absolute Gasteiger partial charge is 0.358 e. The van der Waals surface area contributed by atoms with Crippen LogP contribution in [0.2, 0.25) is 0 Å². The first-order valence-corrected chi connectivity index (χ1v) is 12.4. The van der Waals surface area contributed by atoms with Crippen LogP contribution in [0.1, 0.15) is 18.4 Å². The molecule has 0 saturated carbocycles. The molecule has 0 unspecified atom stereocenters. The Morgan fingerprint density at radius 1 is 0.793 bits per heavy atom. The smallest absolute Gasteiger partial charge is 0.245 e. The number of aryl methyl sites for hydroxylation is 1. The summed E-state index contributed by atoms with van der Waals surface area (Å²) in [5, 5.41) is 0. The zero-order chi connectivity index (χ0) is 20.7. The third kappa shape index (κ3) is 3.62. The first kappa shape index (κ1) is 20.5. The molecule has 0 N–H and O–H groups in total. The highest BCUT2D eigenvalue weighted by molar-refractivity contribution is 7.89. The molecule has 0 atom stereocenters. The van der Waals surface area contributed by atoms with Crippen LogP contribution in [0, 0.1) is 6.92 Å². The highest BCUT2D eigenvalue weighted by Gasteiger charge is 2.51. The van der Waals surface area contributed by atoms with Crippen LogP contribution in [0.15, 0.2) is 64.4 Å². The maximum atomic E-state index is 13.2. The van der Waals surface area contributed by atoms with E-state index in [1.807, 2.05) is 6.92 Å². The van der Waals surface area contributed by atoms with Crippen LogP contribution in [0.4, 0.5) is 0 Å². The van der Waals surface area contributed by atoms with E-state index in [9.17, 15) is 16.8 Å². The number of benzene rings is 2. The number of rotatable bonds is 4. The molecule has 0 radical (unpaired) electrons. The van der Waals surface area contributed by atoms with E-state index in [1.165, 1.54) is 8.61 Å². The molecule has 29 heavy (non-hydrogen) atoms. The van der Waals surface area contributed by atoms with Crippen molar-refractivity contribution in [3.63, 3.8) is 0 Å². The van der Waals surface area contributed by atoms with Gasteiger partial charge in [-0.1, -0.05) is 35.9 Å². The summed E-state index contributed by atoms with van der Waals surface area (Å²) in [4.78, 5) is 0.472. The van der Waals surface area contributed by atoms with Crippen LogP contribution < -0.4 is 0 Å². The van der Waals surface area contributed by atoms with Crippen molar-refractivity contribution < 1.29 is 21.6 Å². The quantitative estimate of drug-likeness (QED) is 0.734. The van der Waals surface area contributed by atoms with Crippen LogP contribution in [-0.2, 0) is 24.8 Å². The first-order chi connectivity index (χ1) is 13.8. The summed E-state index contributed by atoms with van der Waals surface area (Å²) < 4.78 is 60.9. The number of sulfonamides is 2. The molecule has 2 saturated heterocycles. The van der Waals surface area contributed by atoms with Gasteiger partial charge >= 0.3 is 0 Å². The highest BCUT2D eigenvalue weighted by Crippen LogP contribution is 2.39. The molecular weight excluding hydrogens is 412 g/mol. The lowest BCUT2D eigenvalue weighted by molar-refractivity contribution is -0.0806. The molecule has 9 heteroatoms. The molecule has 2 aromatic rings. The molecule has 156 valence electrons. The average Bonchev–Trinajstić information content (AvgIpc) is 3.13. The van der Waals surface area contributed by atoms with Crippen LogP contribution in [0.3, 0.4) is 0 Å². The summed E-state index contributed by atoms with van der Waals surface area (Å²) in [6, 6.07) is 15.0. The molecule has 2 heterocycles. The fourth-order valence-electron chi connectivity index (χ4n) is 3.98. The Hall–Kier alpha value is -1.78. The molecule has 0 aliphatic carbocycles. The van der Waals surface area contributed by atoms with Crippen molar-refractivity contribution in [3.8, 4) is 0 Å². The summed E-state index contributed by atoms with van der Waals surface area (Å²) >= 11 is 0. The number of hydrogen-bond acceptors (Lipinski definition) is 5. The number of nitrogens with zero attached hydrogens (tertiary/aromatic N) is 2. The number of piperidine rings is 1. The molecular formula is C20H24N2O5S2. The summed E-state index contributed by atoms with van der Waals surface area (Å²) in [6.07, 6.45) is 0.592. The van der Waals surface area contributed by atoms with Gasteiger partial charge in [0.1, 0.15) is 5.72 Å². The predicted molar refractivity (Wildman–Crippen MR) is 108 cm³/mol. The lowest BCUT2D eigenvalue weighted by Crippen LogP contribution is -2.55. The standard InChI is InChI=1S/C20H24N2O5S2/c1-17-7-9-19(10-8-17)28(23,24)21-13-11-20(12-14-21)22(15-16-27-20)29(25,26)18-5-3-2-4-6-18/h2-10H,11-16H2,1H3. The van der Waals surface area contributed by atoms with E-state index in [1.54, 1.807) is 54.6 Å². The van der Waals surface area contributed by atoms with Gasteiger partial charge in [0.2, 0.25) is 20.0 Å². The van der Waals surface area contributed by atoms with Crippen molar-refractivity contribution in [2.45, 2.75) is 35.3 Å².